The number of rotatable bonds is 8. The highest BCUT2D eigenvalue weighted by Crippen LogP contribution is 2.18. The van der Waals surface area contributed by atoms with Gasteiger partial charge in [-0.2, -0.15) is 0 Å². The molecule has 2 N–H and O–H groups in total. The summed E-state index contributed by atoms with van der Waals surface area (Å²) in [5.41, 5.74) is 5.12. The molecule has 0 saturated carbocycles. The van der Waals surface area contributed by atoms with Gasteiger partial charge >= 0.3 is 6.09 Å². The number of anilines is 1. The summed E-state index contributed by atoms with van der Waals surface area (Å²) in [7, 11) is 0. The predicted molar refractivity (Wildman–Crippen MR) is 141 cm³/mol. The minimum absolute atomic E-state index is 0.115. The maximum absolute atomic E-state index is 12.7. The molecule has 0 atom stereocenters. The molecule has 188 valence electrons. The van der Waals surface area contributed by atoms with Gasteiger partial charge in [-0.25, -0.2) is 9.78 Å². The summed E-state index contributed by atoms with van der Waals surface area (Å²) in [4.78, 5) is 31.2. The molecular formula is C29H34N4O3. The maximum Gasteiger partial charge on any atom is 0.410 e. The lowest BCUT2D eigenvalue weighted by Gasteiger charge is -2.31. The summed E-state index contributed by atoms with van der Waals surface area (Å²) < 4.78 is 5.47. The number of ether oxygens (including phenoxy) is 1. The number of amides is 2. The lowest BCUT2D eigenvalue weighted by atomic mass is 9.97. The van der Waals surface area contributed by atoms with Gasteiger partial charge < -0.3 is 20.3 Å². The number of aryl methyl sites for hydroxylation is 2. The minimum atomic E-state index is -0.277. The van der Waals surface area contributed by atoms with Gasteiger partial charge in [0.2, 0.25) is 0 Å². The Balaban J connectivity index is 1.18. The summed E-state index contributed by atoms with van der Waals surface area (Å²) in [5, 5.41) is 6.32. The third-order valence-corrected chi connectivity index (χ3v) is 6.52. The summed E-state index contributed by atoms with van der Waals surface area (Å²) >= 11 is 0. The fraction of sp³-hybridized carbons (Fsp3) is 0.345. The molecular weight excluding hydrogens is 452 g/mol. The highest BCUT2D eigenvalue weighted by molar-refractivity contribution is 5.94. The molecule has 7 heteroatoms. The van der Waals surface area contributed by atoms with Gasteiger partial charge in [-0.3, -0.25) is 4.79 Å². The van der Waals surface area contributed by atoms with Crippen LogP contribution in [0.2, 0.25) is 0 Å². The van der Waals surface area contributed by atoms with Crippen molar-refractivity contribution < 1.29 is 14.3 Å². The van der Waals surface area contributed by atoms with E-state index >= 15 is 0 Å². The molecule has 1 fully saturated rings. The summed E-state index contributed by atoms with van der Waals surface area (Å²) in [6.07, 6.45) is 3.03. The number of likely N-dealkylation sites (tertiary alicyclic amines) is 1. The summed E-state index contributed by atoms with van der Waals surface area (Å²) in [6, 6.07) is 19.8. The van der Waals surface area contributed by atoms with Crippen molar-refractivity contribution in [3.63, 3.8) is 0 Å². The number of carbonyl (C=O) groups excluding carboxylic acids is 2. The Morgan fingerprint density at radius 2 is 1.58 bits per heavy atom. The number of hydrogen-bond acceptors (Lipinski definition) is 5. The molecule has 36 heavy (non-hydrogen) atoms. The van der Waals surface area contributed by atoms with E-state index in [0.717, 1.165) is 24.0 Å². The van der Waals surface area contributed by atoms with Gasteiger partial charge in [-0.05, 0) is 55.9 Å². The zero-order chi connectivity index (χ0) is 25.3. The molecule has 2 amide bonds. The van der Waals surface area contributed by atoms with E-state index in [-0.39, 0.29) is 18.6 Å². The smallest absolute Gasteiger partial charge is 0.410 e. The number of nitrogens with one attached hydrogen (secondary N) is 2. The van der Waals surface area contributed by atoms with Crippen molar-refractivity contribution in [2.75, 3.05) is 25.0 Å². The van der Waals surface area contributed by atoms with Gasteiger partial charge in [0, 0.05) is 37.9 Å². The lowest BCUT2D eigenvalue weighted by molar-refractivity contribution is 0.0801. The third kappa shape index (κ3) is 7.31. The van der Waals surface area contributed by atoms with Crippen LogP contribution in [0.1, 0.15) is 45.5 Å². The van der Waals surface area contributed by atoms with Crippen LogP contribution in [-0.4, -0.2) is 41.5 Å². The Morgan fingerprint density at radius 1 is 0.944 bits per heavy atom. The summed E-state index contributed by atoms with van der Waals surface area (Å²) in [6.45, 7) is 6.87. The quantitative estimate of drug-likeness (QED) is 0.463. The fourth-order valence-electron chi connectivity index (χ4n) is 4.15. The van der Waals surface area contributed by atoms with Crippen molar-refractivity contribution in [3.8, 4) is 0 Å². The molecule has 0 radical (unpaired) electrons. The van der Waals surface area contributed by atoms with Crippen LogP contribution in [-0.2, 0) is 17.9 Å². The lowest BCUT2D eigenvalue weighted by Crippen LogP contribution is -2.41. The largest absolute Gasteiger partial charge is 0.445 e. The average molecular weight is 487 g/mol. The van der Waals surface area contributed by atoms with Gasteiger partial charge in [0.25, 0.3) is 5.91 Å². The molecule has 0 spiro atoms. The molecule has 2 heterocycles. The first-order valence-electron chi connectivity index (χ1n) is 12.5. The molecule has 1 aliphatic rings. The topological polar surface area (TPSA) is 83.6 Å². The molecule has 7 nitrogen and oxygen atoms in total. The van der Waals surface area contributed by atoms with Crippen molar-refractivity contribution in [3.05, 3.63) is 94.7 Å². The first-order valence-corrected chi connectivity index (χ1v) is 12.5. The van der Waals surface area contributed by atoms with Crippen LogP contribution in [0.15, 0.2) is 66.9 Å². The van der Waals surface area contributed by atoms with E-state index in [1.807, 2.05) is 31.2 Å². The normalized spacial score (nSPS) is 13.8. The van der Waals surface area contributed by atoms with Gasteiger partial charge in [-0.15, -0.1) is 0 Å². The predicted octanol–water partition coefficient (Wildman–Crippen LogP) is 5.09. The number of hydrogen-bond donors (Lipinski definition) is 2. The van der Waals surface area contributed by atoms with E-state index < -0.39 is 0 Å². The molecule has 3 aromatic rings. The number of benzene rings is 2. The van der Waals surface area contributed by atoms with Gasteiger partial charge in [0.05, 0.1) is 0 Å². The number of nitrogens with zero attached hydrogens (tertiary/aromatic N) is 2. The fourth-order valence-corrected chi connectivity index (χ4v) is 4.15. The average Bonchev–Trinajstić information content (AvgIpc) is 2.91. The van der Waals surface area contributed by atoms with E-state index in [9.17, 15) is 9.59 Å². The second-order valence-corrected chi connectivity index (χ2v) is 9.45. The molecule has 2 aromatic carbocycles. The zero-order valence-electron chi connectivity index (χ0n) is 21.0. The Bertz CT molecular complexity index is 1150. The molecule has 0 bridgehead atoms. The van der Waals surface area contributed by atoms with Crippen LogP contribution < -0.4 is 10.6 Å². The van der Waals surface area contributed by atoms with Gasteiger partial charge in [0.15, 0.2) is 0 Å². The summed E-state index contributed by atoms with van der Waals surface area (Å²) in [5.74, 6) is 0.882. The SMILES string of the molecule is Cc1ccc(CNc2cc(C(=O)NCC3CCN(C(=O)OCc4ccc(C)cc4)CC3)ccn2)cc1. The van der Waals surface area contributed by atoms with Crippen molar-refractivity contribution >= 4 is 17.8 Å². The van der Waals surface area contributed by atoms with Crippen LogP contribution in [0, 0.1) is 19.8 Å². The second kappa shape index (κ2) is 12.2. The van der Waals surface area contributed by atoms with Crippen LogP contribution in [0.4, 0.5) is 10.6 Å². The van der Waals surface area contributed by atoms with Crippen LogP contribution in [0.25, 0.3) is 0 Å². The molecule has 1 aromatic heterocycles. The standard InChI is InChI=1S/C29H34N4O3/c1-21-3-7-23(8-4-21)18-31-27-17-26(11-14-30-27)28(34)32-19-24-12-15-33(16-13-24)29(35)36-20-25-9-5-22(2)6-10-25/h3-11,14,17,24H,12-13,15-16,18-20H2,1-2H3,(H,30,31)(H,32,34). The van der Waals surface area contributed by atoms with Gasteiger partial charge in [0.1, 0.15) is 12.4 Å². The molecule has 0 aliphatic carbocycles. The third-order valence-electron chi connectivity index (χ3n) is 6.52. The first kappa shape index (κ1) is 25.2. The Morgan fingerprint density at radius 3 is 2.25 bits per heavy atom. The Labute approximate surface area is 212 Å². The maximum atomic E-state index is 12.7. The number of piperidine rings is 1. The van der Waals surface area contributed by atoms with Crippen LogP contribution in [0.5, 0.6) is 0 Å². The molecule has 1 aliphatic heterocycles. The Hall–Kier alpha value is -3.87. The highest BCUT2D eigenvalue weighted by atomic mass is 16.6. The molecule has 4 rings (SSSR count). The van der Waals surface area contributed by atoms with E-state index in [1.165, 1.54) is 11.1 Å². The van der Waals surface area contributed by atoms with Gasteiger partial charge in [-0.1, -0.05) is 59.7 Å². The monoisotopic (exact) mass is 486 g/mol. The minimum Gasteiger partial charge on any atom is -0.445 e. The molecule has 1 saturated heterocycles. The van der Waals surface area contributed by atoms with E-state index in [2.05, 4.69) is 46.8 Å². The zero-order valence-corrected chi connectivity index (χ0v) is 21.0. The van der Waals surface area contributed by atoms with Crippen LogP contribution >= 0.6 is 0 Å². The number of carbonyl (C=O) groups is 2. The van der Waals surface area contributed by atoms with Crippen molar-refractivity contribution in [2.45, 2.75) is 39.8 Å². The highest BCUT2D eigenvalue weighted by Gasteiger charge is 2.24. The van der Waals surface area contributed by atoms with Crippen molar-refractivity contribution in [1.82, 2.24) is 15.2 Å². The first-order chi connectivity index (χ1) is 17.5. The van der Waals surface area contributed by atoms with E-state index in [1.54, 1.807) is 23.2 Å². The number of pyridine rings is 1. The second-order valence-electron chi connectivity index (χ2n) is 9.45. The Kier molecular flexibility index (Phi) is 8.55. The van der Waals surface area contributed by atoms with Crippen LogP contribution in [0.3, 0.4) is 0 Å². The van der Waals surface area contributed by atoms with Crippen molar-refractivity contribution in [2.24, 2.45) is 5.92 Å². The van der Waals surface area contributed by atoms with E-state index in [4.69, 9.17) is 4.74 Å². The van der Waals surface area contributed by atoms with E-state index in [0.29, 0.717) is 43.5 Å². The number of aromatic nitrogens is 1. The van der Waals surface area contributed by atoms with Crippen molar-refractivity contribution in [1.29, 1.82) is 0 Å². The molecule has 0 unspecified atom stereocenters.